The SMILES string of the molecule is CCCCn1cnc(-c2cccc(OC(C)C)c2)c1N. The smallest absolute Gasteiger partial charge is 0.131 e. The highest BCUT2D eigenvalue weighted by molar-refractivity contribution is 5.71. The van der Waals surface area contributed by atoms with E-state index in [-0.39, 0.29) is 6.10 Å². The van der Waals surface area contributed by atoms with Crippen LogP contribution in [-0.2, 0) is 6.54 Å². The lowest BCUT2D eigenvalue weighted by Gasteiger charge is -2.10. The highest BCUT2D eigenvalue weighted by Crippen LogP contribution is 2.27. The topological polar surface area (TPSA) is 53.1 Å². The number of aromatic nitrogens is 2. The molecule has 2 N–H and O–H groups in total. The van der Waals surface area contributed by atoms with Gasteiger partial charge in [0.2, 0.25) is 0 Å². The average Bonchev–Trinajstić information content (AvgIpc) is 2.77. The van der Waals surface area contributed by atoms with Crippen molar-refractivity contribution in [3.8, 4) is 17.0 Å². The summed E-state index contributed by atoms with van der Waals surface area (Å²) in [5, 5.41) is 0. The number of nitrogens with zero attached hydrogens (tertiary/aromatic N) is 2. The molecule has 0 aliphatic rings. The van der Waals surface area contributed by atoms with Gasteiger partial charge in [0, 0.05) is 12.1 Å². The number of aryl methyl sites for hydroxylation is 1. The molecule has 0 atom stereocenters. The maximum atomic E-state index is 6.19. The summed E-state index contributed by atoms with van der Waals surface area (Å²) in [4.78, 5) is 4.44. The molecule has 0 spiro atoms. The molecule has 108 valence electrons. The Morgan fingerprint density at radius 3 is 2.85 bits per heavy atom. The molecule has 0 bridgehead atoms. The van der Waals surface area contributed by atoms with Gasteiger partial charge >= 0.3 is 0 Å². The van der Waals surface area contributed by atoms with Gasteiger partial charge in [0.05, 0.1) is 12.4 Å². The van der Waals surface area contributed by atoms with Gasteiger partial charge in [0.15, 0.2) is 0 Å². The van der Waals surface area contributed by atoms with E-state index in [0.29, 0.717) is 0 Å². The van der Waals surface area contributed by atoms with Crippen molar-refractivity contribution in [3.63, 3.8) is 0 Å². The Bertz CT molecular complexity index is 561. The molecule has 4 nitrogen and oxygen atoms in total. The molecular weight excluding hydrogens is 250 g/mol. The maximum Gasteiger partial charge on any atom is 0.131 e. The number of rotatable bonds is 6. The number of nitrogen functional groups attached to an aromatic ring is 1. The number of hydrogen-bond acceptors (Lipinski definition) is 3. The van der Waals surface area contributed by atoms with Crippen molar-refractivity contribution in [2.24, 2.45) is 0 Å². The molecule has 20 heavy (non-hydrogen) atoms. The first kappa shape index (κ1) is 14.4. The first-order valence-corrected chi connectivity index (χ1v) is 7.19. The van der Waals surface area contributed by atoms with Gasteiger partial charge in [-0.25, -0.2) is 4.98 Å². The number of anilines is 1. The molecule has 4 heteroatoms. The van der Waals surface area contributed by atoms with Crippen LogP contribution < -0.4 is 10.5 Å². The zero-order chi connectivity index (χ0) is 14.5. The average molecular weight is 273 g/mol. The van der Waals surface area contributed by atoms with Crippen molar-refractivity contribution < 1.29 is 4.74 Å². The predicted molar refractivity (Wildman–Crippen MR) is 82.7 cm³/mol. The molecule has 0 radical (unpaired) electrons. The number of imidazole rings is 1. The molecule has 0 amide bonds. The van der Waals surface area contributed by atoms with Crippen LogP contribution in [0.2, 0.25) is 0 Å². The van der Waals surface area contributed by atoms with Gasteiger partial charge in [-0.05, 0) is 32.4 Å². The molecule has 0 aliphatic heterocycles. The lowest BCUT2D eigenvalue weighted by molar-refractivity contribution is 0.242. The van der Waals surface area contributed by atoms with Gasteiger partial charge in [0.1, 0.15) is 17.3 Å². The second kappa shape index (κ2) is 6.46. The number of benzene rings is 1. The van der Waals surface area contributed by atoms with Gasteiger partial charge in [-0.3, -0.25) is 0 Å². The summed E-state index contributed by atoms with van der Waals surface area (Å²) in [6, 6.07) is 7.92. The van der Waals surface area contributed by atoms with E-state index in [1.807, 2.05) is 49.0 Å². The third kappa shape index (κ3) is 3.32. The van der Waals surface area contributed by atoms with Crippen LogP contribution in [-0.4, -0.2) is 15.7 Å². The van der Waals surface area contributed by atoms with Gasteiger partial charge in [0.25, 0.3) is 0 Å². The summed E-state index contributed by atoms with van der Waals surface area (Å²) in [5.74, 6) is 1.57. The Kier molecular flexibility index (Phi) is 4.66. The predicted octanol–water partition coefficient (Wildman–Crippen LogP) is 3.72. The van der Waals surface area contributed by atoms with Crippen LogP contribution in [0, 0.1) is 0 Å². The molecule has 2 rings (SSSR count). The first-order chi connectivity index (χ1) is 9.61. The van der Waals surface area contributed by atoms with Gasteiger partial charge in [-0.2, -0.15) is 0 Å². The summed E-state index contributed by atoms with van der Waals surface area (Å²) >= 11 is 0. The highest BCUT2D eigenvalue weighted by Gasteiger charge is 2.10. The molecule has 1 heterocycles. The highest BCUT2D eigenvalue weighted by atomic mass is 16.5. The fraction of sp³-hybridized carbons (Fsp3) is 0.438. The Hall–Kier alpha value is -1.97. The zero-order valence-corrected chi connectivity index (χ0v) is 12.5. The molecule has 0 fully saturated rings. The fourth-order valence-corrected chi connectivity index (χ4v) is 2.11. The summed E-state index contributed by atoms with van der Waals surface area (Å²) in [7, 11) is 0. The zero-order valence-electron chi connectivity index (χ0n) is 12.5. The monoisotopic (exact) mass is 273 g/mol. The van der Waals surface area contributed by atoms with Crippen molar-refractivity contribution in [1.82, 2.24) is 9.55 Å². The second-order valence-corrected chi connectivity index (χ2v) is 5.22. The van der Waals surface area contributed by atoms with Crippen LogP contribution in [0.5, 0.6) is 5.75 Å². The van der Waals surface area contributed by atoms with E-state index in [1.54, 1.807) is 0 Å². The third-order valence-corrected chi connectivity index (χ3v) is 3.11. The molecule has 0 unspecified atom stereocenters. The minimum atomic E-state index is 0.157. The van der Waals surface area contributed by atoms with Gasteiger partial charge < -0.3 is 15.0 Å². The molecule has 0 saturated carbocycles. The van der Waals surface area contributed by atoms with Crippen molar-refractivity contribution >= 4 is 5.82 Å². The van der Waals surface area contributed by atoms with E-state index >= 15 is 0 Å². The molecule has 2 aromatic rings. The molecule has 1 aromatic carbocycles. The third-order valence-electron chi connectivity index (χ3n) is 3.11. The van der Waals surface area contributed by atoms with E-state index in [0.717, 1.165) is 42.2 Å². The largest absolute Gasteiger partial charge is 0.491 e. The van der Waals surface area contributed by atoms with Crippen LogP contribution in [0.1, 0.15) is 33.6 Å². The van der Waals surface area contributed by atoms with Crippen LogP contribution >= 0.6 is 0 Å². The Morgan fingerprint density at radius 1 is 1.35 bits per heavy atom. The molecular formula is C16H23N3O. The van der Waals surface area contributed by atoms with E-state index in [1.165, 1.54) is 0 Å². The van der Waals surface area contributed by atoms with Gasteiger partial charge in [-0.15, -0.1) is 0 Å². The molecule has 1 aromatic heterocycles. The fourth-order valence-electron chi connectivity index (χ4n) is 2.11. The van der Waals surface area contributed by atoms with Crippen LogP contribution in [0.15, 0.2) is 30.6 Å². The quantitative estimate of drug-likeness (QED) is 0.872. The Balaban J connectivity index is 2.25. The minimum Gasteiger partial charge on any atom is -0.491 e. The standard InChI is InChI=1S/C16H23N3O/c1-4-5-9-19-11-18-15(16(19)17)13-7-6-8-14(10-13)20-12(2)3/h6-8,10-12H,4-5,9,17H2,1-3H3. The Morgan fingerprint density at radius 2 is 2.15 bits per heavy atom. The summed E-state index contributed by atoms with van der Waals surface area (Å²) in [6.07, 6.45) is 4.22. The van der Waals surface area contributed by atoms with Crippen LogP contribution in [0.3, 0.4) is 0 Å². The van der Waals surface area contributed by atoms with Crippen molar-refractivity contribution in [3.05, 3.63) is 30.6 Å². The van der Waals surface area contributed by atoms with Crippen LogP contribution in [0.25, 0.3) is 11.3 Å². The minimum absolute atomic E-state index is 0.157. The normalized spacial score (nSPS) is 11.0. The van der Waals surface area contributed by atoms with E-state index in [2.05, 4.69) is 11.9 Å². The second-order valence-electron chi connectivity index (χ2n) is 5.22. The maximum absolute atomic E-state index is 6.19. The lowest BCUT2D eigenvalue weighted by atomic mass is 10.1. The van der Waals surface area contributed by atoms with Crippen LogP contribution in [0.4, 0.5) is 5.82 Å². The van der Waals surface area contributed by atoms with Crippen molar-refractivity contribution in [2.75, 3.05) is 5.73 Å². The van der Waals surface area contributed by atoms with E-state index < -0.39 is 0 Å². The van der Waals surface area contributed by atoms with Gasteiger partial charge in [-0.1, -0.05) is 25.5 Å². The lowest BCUT2D eigenvalue weighted by Crippen LogP contribution is -2.05. The Labute approximate surface area is 120 Å². The number of hydrogen-bond donors (Lipinski definition) is 1. The van der Waals surface area contributed by atoms with Crippen molar-refractivity contribution in [1.29, 1.82) is 0 Å². The summed E-state index contributed by atoms with van der Waals surface area (Å²) in [6.45, 7) is 7.11. The molecule has 0 saturated heterocycles. The summed E-state index contributed by atoms with van der Waals surface area (Å²) < 4.78 is 7.72. The number of ether oxygens (including phenoxy) is 1. The number of nitrogens with two attached hydrogens (primary N) is 1. The number of unbranched alkanes of at least 4 members (excludes halogenated alkanes) is 1. The van der Waals surface area contributed by atoms with Crippen molar-refractivity contribution in [2.45, 2.75) is 46.3 Å². The van der Waals surface area contributed by atoms with E-state index in [9.17, 15) is 0 Å². The van der Waals surface area contributed by atoms with E-state index in [4.69, 9.17) is 10.5 Å². The summed E-state index contributed by atoms with van der Waals surface area (Å²) in [5.41, 5.74) is 8.01. The first-order valence-electron chi connectivity index (χ1n) is 7.19. The molecule has 0 aliphatic carbocycles.